The van der Waals surface area contributed by atoms with Crippen molar-refractivity contribution in [3.05, 3.63) is 0 Å². The summed E-state index contributed by atoms with van der Waals surface area (Å²) >= 11 is 0. The van der Waals surface area contributed by atoms with Crippen molar-refractivity contribution in [2.24, 2.45) is 0 Å². The van der Waals surface area contributed by atoms with E-state index in [-0.39, 0.29) is 0 Å². The van der Waals surface area contributed by atoms with Gasteiger partial charge in [-0.1, -0.05) is 0 Å². The summed E-state index contributed by atoms with van der Waals surface area (Å²) in [5.41, 5.74) is 0. The zero-order valence-corrected chi connectivity index (χ0v) is 11.1. The third-order valence-corrected chi connectivity index (χ3v) is 4.76. The Labute approximate surface area is 106 Å². The van der Waals surface area contributed by atoms with Gasteiger partial charge in [0.15, 0.2) is 0 Å². The molecule has 0 atom stereocenters. The standard InChI is InChI=1S/C9H18N4O4S/c1-17-9(14)11-18(15,16)13-4-2-12(3-5-13)8-6-10-7-8/h8,10H,2-7H2,1H3,(H,11,14). The zero-order valence-electron chi connectivity index (χ0n) is 10.3. The molecular weight excluding hydrogens is 260 g/mol. The average Bonchev–Trinajstić information content (AvgIpc) is 2.27. The molecule has 2 heterocycles. The Morgan fingerprint density at radius 2 is 1.89 bits per heavy atom. The van der Waals surface area contributed by atoms with Gasteiger partial charge in [0.2, 0.25) is 0 Å². The fraction of sp³-hybridized carbons (Fsp3) is 0.889. The van der Waals surface area contributed by atoms with Crippen LogP contribution >= 0.6 is 0 Å². The number of carbonyl (C=O) groups excluding carboxylic acids is 1. The van der Waals surface area contributed by atoms with Crippen LogP contribution in [0.25, 0.3) is 0 Å². The van der Waals surface area contributed by atoms with E-state index in [0.717, 1.165) is 20.2 Å². The van der Waals surface area contributed by atoms with Crippen LogP contribution in [-0.4, -0.2) is 76.1 Å². The van der Waals surface area contributed by atoms with Crippen molar-refractivity contribution in [2.75, 3.05) is 46.4 Å². The summed E-state index contributed by atoms with van der Waals surface area (Å²) in [7, 11) is -2.63. The van der Waals surface area contributed by atoms with Gasteiger partial charge in [-0.2, -0.15) is 12.7 Å². The van der Waals surface area contributed by atoms with Gasteiger partial charge in [0.1, 0.15) is 0 Å². The lowest BCUT2D eigenvalue weighted by Crippen LogP contribution is -2.62. The van der Waals surface area contributed by atoms with Crippen molar-refractivity contribution in [3.63, 3.8) is 0 Å². The highest BCUT2D eigenvalue weighted by Gasteiger charge is 2.32. The van der Waals surface area contributed by atoms with E-state index in [1.54, 1.807) is 0 Å². The van der Waals surface area contributed by atoms with Crippen molar-refractivity contribution < 1.29 is 17.9 Å². The fourth-order valence-corrected chi connectivity index (χ4v) is 3.12. The lowest BCUT2D eigenvalue weighted by atomic mass is 10.1. The Kier molecular flexibility index (Phi) is 4.05. The molecule has 0 spiro atoms. The van der Waals surface area contributed by atoms with Gasteiger partial charge in [-0.05, 0) is 0 Å². The number of methoxy groups -OCH3 is 1. The number of nitrogens with zero attached hydrogens (tertiary/aromatic N) is 2. The first-order valence-corrected chi connectivity index (χ1v) is 7.27. The van der Waals surface area contributed by atoms with Gasteiger partial charge in [0, 0.05) is 45.3 Å². The van der Waals surface area contributed by atoms with E-state index < -0.39 is 16.3 Å². The molecule has 2 saturated heterocycles. The second-order valence-corrected chi connectivity index (χ2v) is 6.02. The molecule has 0 unspecified atom stereocenters. The lowest BCUT2D eigenvalue weighted by molar-refractivity contribution is 0.102. The molecule has 0 radical (unpaired) electrons. The Morgan fingerprint density at radius 3 is 2.33 bits per heavy atom. The monoisotopic (exact) mass is 278 g/mol. The molecule has 1 amide bonds. The first kappa shape index (κ1) is 13.5. The lowest BCUT2D eigenvalue weighted by Gasteiger charge is -2.42. The molecule has 104 valence electrons. The summed E-state index contributed by atoms with van der Waals surface area (Å²) in [6.45, 7) is 4.09. The predicted octanol–water partition coefficient (Wildman–Crippen LogP) is -1.82. The molecule has 8 nitrogen and oxygen atoms in total. The maximum atomic E-state index is 11.8. The molecule has 2 aliphatic heterocycles. The topological polar surface area (TPSA) is 91.0 Å². The number of nitrogens with one attached hydrogen (secondary N) is 2. The van der Waals surface area contributed by atoms with Crippen LogP contribution in [0.3, 0.4) is 0 Å². The van der Waals surface area contributed by atoms with Crippen LogP contribution in [0.15, 0.2) is 0 Å². The Morgan fingerprint density at radius 1 is 1.28 bits per heavy atom. The maximum Gasteiger partial charge on any atom is 0.421 e. The third kappa shape index (κ3) is 2.91. The quantitative estimate of drug-likeness (QED) is 0.631. The number of ether oxygens (including phenoxy) is 1. The van der Waals surface area contributed by atoms with Gasteiger partial charge >= 0.3 is 16.3 Å². The predicted molar refractivity (Wildman–Crippen MR) is 64.3 cm³/mol. The van der Waals surface area contributed by atoms with E-state index in [1.165, 1.54) is 4.31 Å². The molecule has 0 aliphatic carbocycles. The average molecular weight is 278 g/mol. The largest absolute Gasteiger partial charge is 0.452 e. The first-order valence-electron chi connectivity index (χ1n) is 5.83. The summed E-state index contributed by atoms with van der Waals surface area (Å²) in [4.78, 5) is 13.2. The normalized spacial score (nSPS) is 23.4. The molecule has 0 aromatic rings. The first-order chi connectivity index (χ1) is 8.53. The highest BCUT2D eigenvalue weighted by Crippen LogP contribution is 2.11. The van der Waals surface area contributed by atoms with Gasteiger partial charge in [-0.25, -0.2) is 9.52 Å². The van der Waals surface area contributed by atoms with E-state index in [4.69, 9.17) is 0 Å². The summed E-state index contributed by atoms with van der Waals surface area (Å²) < 4.78 is 31.0. The molecule has 0 bridgehead atoms. The number of piperazine rings is 1. The molecular formula is C9H18N4O4S. The van der Waals surface area contributed by atoms with E-state index in [1.807, 2.05) is 4.72 Å². The minimum absolute atomic E-state index is 0.392. The number of rotatable bonds is 3. The van der Waals surface area contributed by atoms with E-state index >= 15 is 0 Å². The Hall–Kier alpha value is -0.900. The van der Waals surface area contributed by atoms with Gasteiger partial charge in [-0.15, -0.1) is 0 Å². The zero-order chi connectivity index (χ0) is 13.2. The SMILES string of the molecule is COC(=O)NS(=O)(=O)N1CCN(C2CNC2)CC1. The minimum atomic E-state index is -3.77. The van der Waals surface area contributed by atoms with Gasteiger partial charge < -0.3 is 10.1 Å². The van der Waals surface area contributed by atoms with E-state index in [9.17, 15) is 13.2 Å². The fourth-order valence-electron chi connectivity index (χ4n) is 2.05. The minimum Gasteiger partial charge on any atom is -0.452 e. The van der Waals surface area contributed by atoms with E-state index in [0.29, 0.717) is 32.2 Å². The second kappa shape index (κ2) is 5.39. The van der Waals surface area contributed by atoms with E-state index in [2.05, 4.69) is 15.0 Å². The summed E-state index contributed by atoms with van der Waals surface area (Å²) in [6.07, 6.45) is -0.958. The van der Waals surface area contributed by atoms with Gasteiger partial charge in [-0.3, -0.25) is 4.90 Å². The number of hydrogen-bond donors (Lipinski definition) is 2. The van der Waals surface area contributed by atoms with Crippen LogP contribution in [0.1, 0.15) is 0 Å². The molecule has 18 heavy (non-hydrogen) atoms. The third-order valence-electron chi connectivity index (χ3n) is 3.29. The number of carbonyl (C=O) groups is 1. The van der Waals surface area contributed by atoms with Crippen LogP contribution < -0.4 is 10.0 Å². The van der Waals surface area contributed by atoms with Crippen molar-refractivity contribution in [1.29, 1.82) is 0 Å². The molecule has 2 fully saturated rings. The van der Waals surface area contributed by atoms with Crippen LogP contribution in [0.2, 0.25) is 0 Å². The molecule has 2 aliphatic rings. The van der Waals surface area contributed by atoms with Crippen LogP contribution in [0, 0.1) is 0 Å². The molecule has 9 heteroatoms. The Balaban J connectivity index is 1.86. The summed E-state index contributed by atoms with van der Waals surface area (Å²) in [5.74, 6) is 0. The van der Waals surface area contributed by atoms with Crippen molar-refractivity contribution in [2.45, 2.75) is 6.04 Å². The molecule has 2 N–H and O–H groups in total. The maximum absolute atomic E-state index is 11.8. The van der Waals surface area contributed by atoms with Crippen LogP contribution in [0.4, 0.5) is 4.79 Å². The van der Waals surface area contributed by atoms with Crippen molar-refractivity contribution in [3.8, 4) is 0 Å². The molecule has 0 saturated carbocycles. The molecule has 0 aromatic carbocycles. The Bertz CT molecular complexity index is 401. The van der Waals surface area contributed by atoms with Crippen LogP contribution in [-0.2, 0) is 14.9 Å². The summed E-state index contributed by atoms with van der Waals surface area (Å²) in [6, 6.07) is 0.517. The highest BCUT2D eigenvalue weighted by molar-refractivity contribution is 7.87. The second-order valence-electron chi connectivity index (χ2n) is 4.35. The van der Waals surface area contributed by atoms with Gasteiger partial charge in [0.05, 0.1) is 7.11 Å². The molecule has 0 aromatic heterocycles. The van der Waals surface area contributed by atoms with Crippen molar-refractivity contribution in [1.82, 2.24) is 19.2 Å². The highest BCUT2D eigenvalue weighted by atomic mass is 32.2. The number of hydrogen-bond acceptors (Lipinski definition) is 6. The smallest absolute Gasteiger partial charge is 0.421 e. The molecule has 2 rings (SSSR count). The summed E-state index contributed by atoms with van der Waals surface area (Å²) in [5, 5.41) is 3.19. The van der Waals surface area contributed by atoms with Crippen molar-refractivity contribution >= 4 is 16.3 Å². The van der Waals surface area contributed by atoms with Crippen LogP contribution in [0.5, 0.6) is 0 Å². The van der Waals surface area contributed by atoms with Gasteiger partial charge in [0.25, 0.3) is 0 Å². The number of amides is 1.